The van der Waals surface area contributed by atoms with Crippen molar-refractivity contribution in [2.24, 2.45) is 0 Å². The smallest absolute Gasteiger partial charge is 0.326 e. The van der Waals surface area contributed by atoms with Crippen molar-refractivity contribution in [3.63, 3.8) is 0 Å². The topological polar surface area (TPSA) is 118 Å². The van der Waals surface area contributed by atoms with Crippen LogP contribution in [0.3, 0.4) is 0 Å². The molecule has 46 heavy (non-hydrogen) atoms. The summed E-state index contributed by atoms with van der Waals surface area (Å²) in [6.07, 6.45) is 0.0399. The number of halogens is 1. The second-order valence-electron chi connectivity index (χ2n) is 10.5. The fourth-order valence-corrected chi connectivity index (χ4v) is 5.35. The fraction of sp³-hybridized carbons (Fsp3) is 0.0541. The van der Waals surface area contributed by atoms with E-state index in [1.54, 1.807) is 30.3 Å². The summed E-state index contributed by atoms with van der Waals surface area (Å²) in [5, 5.41) is 16.1. The van der Waals surface area contributed by atoms with Crippen molar-refractivity contribution in [2.75, 3.05) is 5.32 Å². The van der Waals surface area contributed by atoms with E-state index in [0.29, 0.717) is 27.1 Å². The number of carbonyl (C=O) groups is 3. The molecule has 0 unspecified atom stereocenters. The first-order chi connectivity index (χ1) is 22.3. The number of hydrogen-bond donors (Lipinski definition) is 3. The zero-order valence-corrected chi connectivity index (χ0v) is 25.9. The van der Waals surface area contributed by atoms with Crippen molar-refractivity contribution in [2.45, 2.75) is 12.5 Å². The van der Waals surface area contributed by atoms with Crippen molar-refractivity contribution in [3.05, 3.63) is 149 Å². The zero-order chi connectivity index (χ0) is 32.0. The van der Waals surface area contributed by atoms with Crippen LogP contribution in [0.15, 0.2) is 136 Å². The summed E-state index contributed by atoms with van der Waals surface area (Å²) < 4.78 is 12.3. The highest BCUT2D eigenvalue weighted by Crippen LogP contribution is 2.33. The molecule has 1 heterocycles. The Bertz CT molecular complexity index is 2010. The number of furan rings is 1. The first-order valence-electron chi connectivity index (χ1n) is 14.4. The molecule has 8 nitrogen and oxygen atoms in total. The molecule has 1 aromatic heterocycles. The predicted octanol–water partition coefficient (Wildman–Crippen LogP) is 8.33. The minimum Gasteiger partial charge on any atom is -0.480 e. The summed E-state index contributed by atoms with van der Waals surface area (Å²) in [5.74, 6) is -0.905. The molecule has 2 amide bonds. The molecule has 0 aliphatic rings. The number of aliphatic carboxylic acids is 1. The fourth-order valence-electron chi connectivity index (χ4n) is 4.99. The molecule has 3 N–H and O–H groups in total. The maximum atomic E-state index is 13.4. The third-order valence-corrected chi connectivity index (χ3v) is 7.78. The van der Waals surface area contributed by atoms with Crippen LogP contribution in [-0.4, -0.2) is 28.9 Å². The Morgan fingerprint density at radius 2 is 1.50 bits per heavy atom. The molecule has 6 aromatic rings. The number of nitrogens with one attached hydrogen (secondary N) is 2. The first kappa shape index (κ1) is 30.4. The molecule has 0 bridgehead atoms. The highest BCUT2D eigenvalue weighted by molar-refractivity contribution is 9.10. The highest BCUT2D eigenvalue weighted by Gasteiger charge is 2.24. The van der Waals surface area contributed by atoms with Gasteiger partial charge >= 0.3 is 5.97 Å². The third-order valence-electron chi connectivity index (χ3n) is 7.29. The molecule has 228 valence electrons. The van der Waals surface area contributed by atoms with Crippen LogP contribution >= 0.6 is 15.9 Å². The number of carboxylic acid groups (broad SMARTS) is 1. The number of benzene rings is 5. The number of carboxylic acids is 1. The summed E-state index contributed by atoms with van der Waals surface area (Å²) in [6, 6.07) is 37.0. The first-order valence-corrected chi connectivity index (χ1v) is 15.2. The van der Waals surface area contributed by atoms with Gasteiger partial charge in [0.05, 0.1) is 11.3 Å². The van der Waals surface area contributed by atoms with Crippen molar-refractivity contribution >= 4 is 50.4 Å². The summed E-state index contributed by atoms with van der Waals surface area (Å²) in [4.78, 5) is 38.7. The summed E-state index contributed by atoms with van der Waals surface area (Å²) in [5.41, 5.74) is 3.35. The molecule has 0 saturated heterocycles. The van der Waals surface area contributed by atoms with E-state index < -0.39 is 23.8 Å². The Hall–Kier alpha value is -5.67. The van der Waals surface area contributed by atoms with Crippen LogP contribution in [0.2, 0.25) is 0 Å². The van der Waals surface area contributed by atoms with Crippen LogP contribution in [0.1, 0.15) is 26.5 Å². The van der Waals surface area contributed by atoms with Crippen LogP contribution in [0.25, 0.3) is 22.1 Å². The van der Waals surface area contributed by atoms with Crippen molar-refractivity contribution in [1.82, 2.24) is 5.32 Å². The zero-order valence-electron chi connectivity index (χ0n) is 24.3. The molecule has 1 atom stereocenters. The van der Waals surface area contributed by atoms with E-state index in [-0.39, 0.29) is 23.4 Å². The van der Waals surface area contributed by atoms with Crippen LogP contribution in [0.5, 0.6) is 11.5 Å². The van der Waals surface area contributed by atoms with Gasteiger partial charge < -0.3 is 24.9 Å². The number of rotatable bonds is 10. The lowest BCUT2D eigenvalue weighted by Crippen LogP contribution is -2.42. The van der Waals surface area contributed by atoms with Gasteiger partial charge in [-0.1, -0.05) is 94.8 Å². The third kappa shape index (κ3) is 7.00. The maximum Gasteiger partial charge on any atom is 0.326 e. The van der Waals surface area contributed by atoms with E-state index in [9.17, 15) is 19.5 Å². The Balaban J connectivity index is 1.17. The molecular formula is C37H27BrN2O6. The second-order valence-corrected chi connectivity index (χ2v) is 11.4. The van der Waals surface area contributed by atoms with Gasteiger partial charge in [-0.05, 0) is 59.7 Å². The largest absolute Gasteiger partial charge is 0.480 e. The van der Waals surface area contributed by atoms with E-state index in [0.717, 1.165) is 16.5 Å². The van der Waals surface area contributed by atoms with Gasteiger partial charge in [0.1, 0.15) is 23.1 Å². The number of fused-ring (bicyclic) bond motifs is 1. The van der Waals surface area contributed by atoms with Gasteiger partial charge in [-0.3, -0.25) is 9.59 Å². The quantitative estimate of drug-likeness (QED) is 0.134. The van der Waals surface area contributed by atoms with Crippen molar-refractivity contribution in [1.29, 1.82) is 0 Å². The van der Waals surface area contributed by atoms with Gasteiger partial charge in [0, 0.05) is 21.8 Å². The average Bonchev–Trinajstić information content (AvgIpc) is 3.51. The SMILES string of the molecule is O=C(Nc1ccc(Br)cc1C(=O)N[C@@H](Cc1ccc(-c2ccccc2Oc2ccccc2)cc1)C(=O)O)c1cc2ccccc2o1. The lowest BCUT2D eigenvalue weighted by atomic mass is 9.99. The normalized spacial score (nSPS) is 11.5. The molecule has 0 aliphatic carbocycles. The Morgan fingerprint density at radius 3 is 2.26 bits per heavy atom. The summed E-state index contributed by atoms with van der Waals surface area (Å²) in [7, 11) is 0. The molecule has 0 aliphatic heterocycles. The summed E-state index contributed by atoms with van der Waals surface area (Å²) in [6.45, 7) is 0. The van der Waals surface area contributed by atoms with Gasteiger partial charge in [-0.2, -0.15) is 0 Å². The molecule has 5 aromatic carbocycles. The van der Waals surface area contributed by atoms with Crippen molar-refractivity contribution in [3.8, 4) is 22.6 Å². The molecule has 0 saturated carbocycles. The van der Waals surface area contributed by atoms with Gasteiger partial charge in [0.25, 0.3) is 11.8 Å². The van der Waals surface area contributed by atoms with Gasteiger partial charge in [0.15, 0.2) is 5.76 Å². The molecule has 0 spiro atoms. The molecule has 0 fully saturated rings. The average molecular weight is 676 g/mol. The molecular weight excluding hydrogens is 648 g/mol. The standard InChI is InChI=1S/C37H27BrN2O6/c38-26-18-19-30(39-36(42)34-21-25-8-4-6-12-32(25)46-34)29(22-26)35(41)40-31(37(43)44)20-23-14-16-24(17-15-23)28-11-5-7-13-33(28)45-27-9-2-1-3-10-27/h1-19,21-22,31H,20H2,(H,39,42)(H,40,41)(H,43,44)/t31-/m0/s1. The molecule has 0 radical (unpaired) electrons. The second kappa shape index (κ2) is 13.5. The Kier molecular flexibility index (Phi) is 8.94. The van der Waals surface area contributed by atoms with E-state index >= 15 is 0 Å². The monoisotopic (exact) mass is 674 g/mol. The van der Waals surface area contributed by atoms with E-state index in [4.69, 9.17) is 9.15 Å². The minimum absolute atomic E-state index is 0.0399. The number of ether oxygens (including phenoxy) is 1. The number of carbonyl (C=O) groups excluding carboxylic acids is 2. The number of anilines is 1. The summed E-state index contributed by atoms with van der Waals surface area (Å²) >= 11 is 3.36. The Labute approximate surface area is 272 Å². The number of hydrogen-bond acceptors (Lipinski definition) is 5. The van der Waals surface area contributed by atoms with E-state index in [1.807, 2.05) is 91.0 Å². The van der Waals surface area contributed by atoms with Crippen LogP contribution in [-0.2, 0) is 11.2 Å². The van der Waals surface area contributed by atoms with Crippen LogP contribution in [0, 0.1) is 0 Å². The minimum atomic E-state index is -1.23. The van der Waals surface area contributed by atoms with Crippen LogP contribution in [0.4, 0.5) is 5.69 Å². The maximum absolute atomic E-state index is 13.4. The van der Waals surface area contributed by atoms with Gasteiger partial charge in [0.2, 0.25) is 0 Å². The van der Waals surface area contributed by atoms with Crippen molar-refractivity contribution < 1.29 is 28.6 Å². The highest BCUT2D eigenvalue weighted by atomic mass is 79.9. The van der Waals surface area contributed by atoms with Crippen LogP contribution < -0.4 is 15.4 Å². The van der Waals surface area contributed by atoms with Gasteiger partial charge in [-0.25, -0.2) is 4.79 Å². The van der Waals surface area contributed by atoms with Gasteiger partial charge in [-0.15, -0.1) is 0 Å². The molecule has 9 heteroatoms. The van der Waals surface area contributed by atoms with E-state index in [1.165, 1.54) is 6.07 Å². The lowest BCUT2D eigenvalue weighted by Gasteiger charge is -2.17. The van der Waals surface area contributed by atoms with E-state index in [2.05, 4.69) is 26.6 Å². The lowest BCUT2D eigenvalue weighted by molar-refractivity contribution is -0.139. The number of para-hydroxylation sites is 3. The predicted molar refractivity (Wildman–Crippen MR) is 179 cm³/mol. The molecule has 6 rings (SSSR count). The Morgan fingerprint density at radius 1 is 0.783 bits per heavy atom. The number of amides is 2.